The zero-order valence-corrected chi connectivity index (χ0v) is 16.9. The van der Waals surface area contributed by atoms with E-state index in [-0.39, 0.29) is 17.9 Å². The second-order valence-corrected chi connectivity index (χ2v) is 7.54. The van der Waals surface area contributed by atoms with Crippen LogP contribution in [0.15, 0.2) is 60.9 Å². The number of ether oxygens (including phenoxy) is 2. The Morgan fingerprint density at radius 2 is 1.74 bits per heavy atom. The van der Waals surface area contributed by atoms with Crippen LogP contribution in [0.2, 0.25) is 0 Å². The smallest absolute Gasteiger partial charge is 0.308 e. The highest BCUT2D eigenvalue weighted by Gasteiger charge is 2.38. The normalized spacial score (nSPS) is 17.8. The highest BCUT2D eigenvalue weighted by atomic mass is 16.5. The Morgan fingerprint density at radius 1 is 1.03 bits per heavy atom. The van der Waals surface area contributed by atoms with Crippen LogP contribution in [-0.4, -0.2) is 32.8 Å². The van der Waals surface area contributed by atoms with E-state index in [9.17, 15) is 4.79 Å². The predicted octanol–water partition coefficient (Wildman–Crippen LogP) is 3.99. The van der Waals surface area contributed by atoms with Crippen LogP contribution >= 0.6 is 0 Å². The summed E-state index contributed by atoms with van der Waals surface area (Å²) in [6.07, 6.45) is 2.76. The summed E-state index contributed by atoms with van der Waals surface area (Å²) in [5, 5.41) is 5.53. The minimum atomic E-state index is -0.184. The number of rotatable bonds is 5. The molecule has 156 valence electrons. The van der Waals surface area contributed by atoms with Gasteiger partial charge in [-0.25, -0.2) is 14.6 Å². The molecule has 1 aliphatic rings. The predicted molar refractivity (Wildman–Crippen MR) is 115 cm³/mol. The van der Waals surface area contributed by atoms with Crippen molar-refractivity contribution in [3.05, 3.63) is 60.9 Å². The largest absolute Gasteiger partial charge is 0.469 e. The van der Waals surface area contributed by atoms with Crippen LogP contribution in [0.5, 0.6) is 11.5 Å². The monoisotopic (exact) mass is 415 g/mol. The molecule has 0 amide bonds. The molecule has 0 bridgehead atoms. The van der Waals surface area contributed by atoms with Crippen molar-refractivity contribution >= 4 is 22.8 Å². The Balaban J connectivity index is 1.47. The summed E-state index contributed by atoms with van der Waals surface area (Å²) in [5.41, 5.74) is 8.45. The van der Waals surface area contributed by atoms with Gasteiger partial charge in [0.2, 0.25) is 0 Å². The number of hydrogen-bond acceptors (Lipinski definition) is 7. The Labute approximate surface area is 178 Å². The number of nitrogens with zero attached hydrogens (tertiary/aromatic N) is 4. The number of nitrogens with two attached hydrogens (primary N) is 1. The van der Waals surface area contributed by atoms with Gasteiger partial charge in [-0.1, -0.05) is 18.2 Å². The van der Waals surface area contributed by atoms with Gasteiger partial charge in [-0.05, 0) is 49.2 Å². The van der Waals surface area contributed by atoms with Crippen LogP contribution < -0.4 is 10.5 Å². The number of aromatic nitrogens is 4. The first-order chi connectivity index (χ1) is 15.1. The van der Waals surface area contributed by atoms with Gasteiger partial charge in [0.15, 0.2) is 5.65 Å². The van der Waals surface area contributed by atoms with Crippen molar-refractivity contribution in [1.82, 2.24) is 19.7 Å². The highest BCUT2D eigenvalue weighted by Crippen LogP contribution is 2.41. The number of hydrogen-bond donors (Lipinski definition) is 1. The second kappa shape index (κ2) is 7.71. The minimum Gasteiger partial charge on any atom is -0.469 e. The minimum absolute atomic E-state index is 0.0651. The summed E-state index contributed by atoms with van der Waals surface area (Å²) >= 11 is 0. The van der Waals surface area contributed by atoms with E-state index < -0.39 is 0 Å². The van der Waals surface area contributed by atoms with Crippen LogP contribution in [0.4, 0.5) is 5.82 Å². The average Bonchev–Trinajstić information content (AvgIpc) is 3.14. The van der Waals surface area contributed by atoms with Gasteiger partial charge in [0.1, 0.15) is 29.3 Å². The first-order valence-electron chi connectivity index (χ1n) is 10.0. The Bertz CT molecular complexity index is 1230. The Kier molecular flexibility index (Phi) is 4.74. The van der Waals surface area contributed by atoms with Gasteiger partial charge in [-0.3, -0.25) is 4.79 Å². The fraction of sp³-hybridized carbons (Fsp3) is 0.217. The first-order valence-corrected chi connectivity index (χ1v) is 10.0. The molecular weight excluding hydrogens is 394 g/mol. The maximum Gasteiger partial charge on any atom is 0.308 e. The quantitative estimate of drug-likeness (QED) is 0.491. The van der Waals surface area contributed by atoms with Gasteiger partial charge >= 0.3 is 5.97 Å². The molecule has 0 radical (unpaired) electrons. The van der Waals surface area contributed by atoms with Gasteiger partial charge in [-0.15, -0.1) is 0 Å². The maximum absolute atomic E-state index is 11.8. The number of anilines is 1. The fourth-order valence-corrected chi connectivity index (χ4v) is 3.90. The van der Waals surface area contributed by atoms with E-state index in [0.29, 0.717) is 35.4 Å². The molecule has 0 spiro atoms. The molecule has 31 heavy (non-hydrogen) atoms. The highest BCUT2D eigenvalue weighted by molar-refractivity contribution is 5.98. The molecule has 5 rings (SSSR count). The summed E-state index contributed by atoms with van der Waals surface area (Å²) in [5.74, 6) is 1.58. The van der Waals surface area contributed by atoms with Crippen molar-refractivity contribution in [3.63, 3.8) is 0 Å². The van der Waals surface area contributed by atoms with Crippen LogP contribution in [0.1, 0.15) is 18.9 Å². The van der Waals surface area contributed by atoms with Crippen molar-refractivity contribution in [1.29, 1.82) is 0 Å². The molecule has 8 heteroatoms. The summed E-state index contributed by atoms with van der Waals surface area (Å²) in [6, 6.07) is 17.3. The molecule has 2 heterocycles. The van der Waals surface area contributed by atoms with E-state index in [4.69, 9.17) is 20.3 Å². The number of nitrogen functional groups attached to an aromatic ring is 1. The zero-order chi connectivity index (χ0) is 21.4. The first kappa shape index (κ1) is 19.0. The third-order valence-electron chi connectivity index (χ3n) is 5.62. The van der Waals surface area contributed by atoms with E-state index >= 15 is 0 Å². The molecule has 1 aliphatic carbocycles. The number of carbonyl (C=O) groups excluding carboxylic acids is 1. The molecule has 2 aromatic heterocycles. The summed E-state index contributed by atoms with van der Waals surface area (Å²) in [7, 11) is 1.41. The van der Waals surface area contributed by atoms with Crippen molar-refractivity contribution in [2.75, 3.05) is 12.8 Å². The molecular formula is C23H21N5O3. The lowest BCUT2D eigenvalue weighted by Gasteiger charge is -2.33. The number of carbonyl (C=O) groups is 1. The van der Waals surface area contributed by atoms with Crippen molar-refractivity contribution in [3.8, 4) is 22.8 Å². The molecule has 1 fully saturated rings. The van der Waals surface area contributed by atoms with Crippen LogP contribution in [0, 0.1) is 5.92 Å². The number of para-hydroxylation sites is 1. The van der Waals surface area contributed by atoms with Crippen molar-refractivity contribution in [2.24, 2.45) is 5.92 Å². The van der Waals surface area contributed by atoms with Gasteiger partial charge < -0.3 is 15.2 Å². The maximum atomic E-state index is 11.8. The molecule has 0 unspecified atom stereocenters. The number of fused-ring (bicyclic) bond motifs is 1. The molecule has 2 aromatic carbocycles. The van der Waals surface area contributed by atoms with E-state index in [1.54, 1.807) is 0 Å². The lowest BCUT2D eigenvalue weighted by molar-refractivity contribution is -0.149. The Morgan fingerprint density at radius 3 is 2.45 bits per heavy atom. The number of benzene rings is 2. The molecule has 8 nitrogen and oxygen atoms in total. The van der Waals surface area contributed by atoms with Crippen molar-refractivity contribution in [2.45, 2.75) is 18.9 Å². The second-order valence-electron chi connectivity index (χ2n) is 7.54. The molecule has 4 aromatic rings. The topological polar surface area (TPSA) is 105 Å². The third kappa shape index (κ3) is 3.46. The lowest BCUT2D eigenvalue weighted by Crippen LogP contribution is -2.33. The van der Waals surface area contributed by atoms with Crippen molar-refractivity contribution < 1.29 is 14.3 Å². The zero-order valence-electron chi connectivity index (χ0n) is 16.9. The van der Waals surface area contributed by atoms with Gasteiger partial charge in [0, 0.05) is 5.56 Å². The Hall–Kier alpha value is -3.94. The fourth-order valence-electron chi connectivity index (χ4n) is 3.90. The molecule has 2 N–H and O–H groups in total. The molecule has 0 atom stereocenters. The van der Waals surface area contributed by atoms with E-state index in [1.165, 1.54) is 13.4 Å². The van der Waals surface area contributed by atoms with Crippen LogP contribution in [0.3, 0.4) is 0 Å². The summed E-state index contributed by atoms with van der Waals surface area (Å²) in [4.78, 5) is 20.3. The van der Waals surface area contributed by atoms with Crippen LogP contribution in [0.25, 0.3) is 22.3 Å². The average molecular weight is 415 g/mol. The molecule has 0 saturated heterocycles. The lowest BCUT2D eigenvalue weighted by atomic mass is 9.80. The van der Waals surface area contributed by atoms with Gasteiger partial charge in [-0.2, -0.15) is 5.10 Å². The van der Waals surface area contributed by atoms with E-state index in [0.717, 1.165) is 17.1 Å². The van der Waals surface area contributed by atoms with Gasteiger partial charge in [0.05, 0.1) is 24.5 Å². The number of esters is 1. The SMILES string of the molecule is COC(=O)C1CC(n2nc(-c3ccc(Oc4ccccc4)cc3)c3c(N)ncnc32)C1. The molecule has 1 saturated carbocycles. The van der Waals surface area contributed by atoms with Crippen LogP contribution in [-0.2, 0) is 9.53 Å². The summed E-state index contributed by atoms with van der Waals surface area (Å²) in [6.45, 7) is 0. The number of methoxy groups -OCH3 is 1. The van der Waals surface area contributed by atoms with E-state index in [2.05, 4.69) is 9.97 Å². The summed E-state index contributed by atoms with van der Waals surface area (Å²) < 4.78 is 12.6. The standard InChI is InChI=1S/C23H21N5O3/c1-30-23(29)15-11-16(12-15)28-22-19(21(24)25-13-26-22)20(27-28)14-7-9-18(10-8-14)31-17-5-3-2-4-6-17/h2-10,13,15-16H,11-12H2,1H3,(H2,24,25,26). The molecule has 0 aliphatic heterocycles. The third-order valence-corrected chi connectivity index (χ3v) is 5.62. The van der Waals surface area contributed by atoms with E-state index in [1.807, 2.05) is 59.3 Å². The van der Waals surface area contributed by atoms with Gasteiger partial charge in [0.25, 0.3) is 0 Å².